The molecule has 7 nitrogen and oxygen atoms in total. The number of hydrogen-bond acceptors (Lipinski definition) is 6. The second-order valence-electron chi connectivity index (χ2n) is 7.40. The molecule has 0 bridgehead atoms. The number of fused-ring (bicyclic) bond motifs is 1. The summed E-state index contributed by atoms with van der Waals surface area (Å²) < 4.78 is 13.3. The highest BCUT2D eigenvalue weighted by Crippen LogP contribution is 2.36. The zero-order valence-corrected chi connectivity index (χ0v) is 17.3. The van der Waals surface area contributed by atoms with Crippen LogP contribution >= 0.6 is 0 Å². The predicted octanol–water partition coefficient (Wildman–Crippen LogP) is 3.42. The van der Waals surface area contributed by atoms with Gasteiger partial charge in [0.25, 0.3) is 0 Å². The van der Waals surface area contributed by atoms with E-state index >= 15 is 0 Å². The molecule has 1 saturated heterocycles. The molecule has 0 N–H and O–H groups in total. The number of hydrogen-bond donors (Lipinski definition) is 0. The number of carbonyl (C=O) groups is 1. The van der Waals surface area contributed by atoms with Gasteiger partial charge in [-0.2, -0.15) is 5.10 Å². The lowest BCUT2D eigenvalue weighted by atomic mass is 10.0. The molecule has 7 heteroatoms. The summed E-state index contributed by atoms with van der Waals surface area (Å²) in [4.78, 5) is 19.5. The van der Waals surface area contributed by atoms with Gasteiger partial charge < -0.3 is 14.4 Å². The molecule has 2 atom stereocenters. The highest BCUT2D eigenvalue weighted by molar-refractivity contribution is 6.05. The number of aromatic nitrogens is 3. The average molecular weight is 394 g/mol. The Morgan fingerprint density at radius 3 is 2.76 bits per heavy atom. The number of morpholine rings is 1. The number of pyridine rings is 1. The first kappa shape index (κ1) is 19.4. The van der Waals surface area contributed by atoms with Gasteiger partial charge in [-0.05, 0) is 26.3 Å². The first-order chi connectivity index (χ1) is 14.0. The maximum atomic E-state index is 12.8. The van der Waals surface area contributed by atoms with Crippen molar-refractivity contribution < 1.29 is 14.3 Å². The van der Waals surface area contributed by atoms with Crippen LogP contribution in [0.4, 0.5) is 5.69 Å². The summed E-state index contributed by atoms with van der Waals surface area (Å²) >= 11 is 0. The highest BCUT2D eigenvalue weighted by Gasteiger charge is 2.32. The van der Waals surface area contributed by atoms with Crippen molar-refractivity contribution in [3.8, 4) is 0 Å². The Bertz CT molecular complexity index is 1030. The van der Waals surface area contributed by atoms with Crippen LogP contribution < -0.4 is 4.90 Å². The molecule has 1 fully saturated rings. The van der Waals surface area contributed by atoms with Crippen LogP contribution in [0.15, 0.2) is 36.5 Å². The molecule has 152 valence electrons. The molecule has 3 heterocycles. The molecule has 29 heavy (non-hydrogen) atoms. The Kier molecular flexibility index (Phi) is 5.24. The van der Waals surface area contributed by atoms with Crippen molar-refractivity contribution >= 4 is 22.7 Å². The standard InChI is InChI=1S/C22H26N4O3/c1-5-28-22(27)17-11-23-21-19(15(3)24-25(21)4)20(17)26-12-14(2)29-18(13-26)16-9-7-6-8-10-16/h6-11,14,18H,5,12-13H2,1-4H3. The van der Waals surface area contributed by atoms with E-state index in [4.69, 9.17) is 9.47 Å². The molecule has 1 aromatic carbocycles. The Hall–Kier alpha value is -2.93. The summed E-state index contributed by atoms with van der Waals surface area (Å²) in [6.45, 7) is 7.43. The minimum absolute atomic E-state index is 0.00388. The number of rotatable bonds is 4. The number of esters is 1. The molecule has 4 rings (SSSR count). The van der Waals surface area contributed by atoms with Gasteiger partial charge in [-0.15, -0.1) is 0 Å². The second-order valence-corrected chi connectivity index (χ2v) is 7.40. The van der Waals surface area contributed by atoms with Gasteiger partial charge in [0.1, 0.15) is 11.7 Å². The van der Waals surface area contributed by atoms with Crippen molar-refractivity contribution in [3.63, 3.8) is 0 Å². The smallest absolute Gasteiger partial charge is 0.341 e. The van der Waals surface area contributed by atoms with E-state index in [0.717, 1.165) is 28.0 Å². The number of nitrogens with zero attached hydrogens (tertiary/aromatic N) is 4. The number of aryl methyl sites for hydroxylation is 2. The summed E-state index contributed by atoms with van der Waals surface area (Å²) in [7, 11) is 1.87. The summed E-state index contributed by atoms with van der Waals surface area (Å²) in [5, 5.41) is 5.42. The molecule has 1 aliphatic heterocycles. The molecule has 0 aliphatic carbocycles. The quantitative estimate of drug-likeness (QED) is 0.632. The molecule has 2 aromatic heterocycles. The van der Waals surface area contributed by atoms with Crippen LogP contribution in [0.25, 0.3) is 11.0 Å². The van der Waals surface area contributed by atoms with Gasteiger partial charge in [-0.3, -0.25) is 4.68 Å². The molecular weight excluding hydrogens is 368 g/mol. The van der Waals surface area contributed by atoms with E-state index in [9.17, 15) is 4.79 Å². The van der Waals surface area contributed by atoms with Crippen molar-refractivity contribution in [2.75, 3.05) is 24.6 Å². The van der Waals surface area contributed by atoms with Crippen LogP contribution in [0, 0.1) is 6.92 Å². The van der Waals surface area contributed by atoms with Crippen LogP contribution in [-0.4, -0.2) is 46.5 Å². The van der Waals surface area contributed by atoms with Gasteiger partial charge in [0.05, 0.1) is 29.5 Å². The molecule has 3 aromatic rings. The zero-order chi connectivity index (χ0) is 20.5. The molecule has 0 amide bonds. The van der Waals surface area contributed by atoms with Crippen LogP contribution in [-0.2, 0) is 16.5 Å². The van der Waals surface area contributed by atoms with E-state index in [1.54, 1.807) is 17.8 Å². The Morgan fingerprint density at radius 2 is 2.03 bits per heavy atom. The van der Waals surface area contributed by atoms with Gasteiger partial charge in [-0.25, -0.2) is 9.78 Å². The highest BCUT2D eigenvalue weighted by atomic mass is 16.5. The van der Waals surface area contributed by atoms with Crippen LogP contribution in [0.3, 0.4) is 0 Å². The molecule has 0 radical (unpaired) electrons. The summed E-state index contributed by atoms with van der Waals surface area (Å²) in [6, 6.07) is 10.2. The predicted molar refractivity (Wildman–Crippen MR) is 111 cm³/mol. The molecule has 0 saturated carbocycles. The van der Waals surface area contributed by atoms with Crippen molar-refractivity contribution in [2.45, 2.75) is 33.0 Å². The van der Waals surface area contributed by atoms with E-state index in [0.29, 0.717) is 25.3 Å². The van der Waals surface area contributed by atoms with Gasteiger partial charge in [0.2, 0.25) is 0 Å². The zero-order valence-electron chi connectivity index (χ0n) is 17.3. The summed E-state index contributed by atoms with van der Waals surface area (Å²) in [5.74, 6) is -0.365. The van der Waals surface area contributed by atoms with E-state index < -0.39 is 0 Å². The SMILES string of the molecule is CCOC(=O)c1cnc2c(c(C)nn2C)c1N1CC(C)OC(c2ccccc2)C1. The van der Waals surface area contributed by atoms with Gasteiger partial charge in [0.15, 0.2) is 5.65 Å². The van der Waals surface area contributed by atoms with E-state index in [2.05, 4.69) is 34.0 Å². The van der Waals surface area contributed by atoms with Crippen molar-refractivity contribution in [2.24, 2.45) is 7.05 Å². The van der Waals surface area contributed by atoms with Crippen LogP contribution in [0.5, 0.6) is 0 Å². The number of anilines is 1. The van der Waals surface area contributed by atoms with Gasteiger partial charge in [-0.1, -0.05) is 30.3 Å². The number of benzene rings is 1. The minimum atomic E-state index is -0.365. The Morgan fingerprint density at radius 1 is 1.28 bits per heavy atom. The van der Waals surface area contributed by atoms with Crippen molar-refractivity contribution in [3.05, 3.63) is 53.3 Å². The lowest BCUT2D eigenvalue weighted by Crippen LogP contribution is -2.43. The monoisotopic (exact) mass is 394 g/mol. The number of carbonyl (C=O) groups excluding carboxylic acids is 1. The van der Waals surface area contributed by atoms with E-state index in [1.165, 1.54) is 0 Å². The first-order valence-corrected chi connectivity index (χ1v) is 9.94. The molecule has 1 aliphatic rings. The molecule has 2 unspecified atom stereocenters. The number of ether oxygens (including phenoxy) is 2. The van der Waals surface area contributed by atoms with Crippen molar-refractivity contribution in [1.29, 1.82) is 0 Å². The second kappa shape index (κ2) is 7.83. The Labute approximate surface area is 170 Å². The summed E-state index contributed by atoms with van der Waals surface area (Å²) in [6.07, 6.45) is 1.52. The fourth-order valence-corrected chi connectivity index (χ4v) is 4.07. The van der Waals surface area contributed by atoms with Crippen LogP contribution in [0.2, 0.25) is 0 Å². The first-order valence-electron chi connectivity index (χ1n) is 9.94. The fraction of sp³-hybridized carbons (Fsp3) is 0.409. The lowest BCUT2D eigenvalue weighted by molar-refractivity contribution is -0.0174. The van der Waals surface area contributed by atoms with Gasteiger partial charge >= 0.3 is 5.97 Å². The lowest BCUT2D eigenvalue weighted by Gasteiger charge is -2.39. The Balaban J connectivity index is 1.84. The van der Waals surface area contributed by atoms with Crippen LogP contribution in [0.1, 0.15) is 41.6 Å². The topological polar surface area (TPSA) is 69.5 Å². The minimum Gasteiger partial charge on any atom is -0.462 e. The summed E-state index contributed by atoms with van der Waals surface area (Å²) in [5.41, 5.74) is 4.01. The third-order valence-corrected chi connectivity index (χ3v) is 5.24. The maximum Gasteiger partial charge on any atom is 0.341 e. The normalized spacial score (nSPS) is 19.5. The third-order valence-electron chi connectivity index (χ3n) is 5.24. The molecular formula is C22H26N4O3. The van der Waals surface area contributed by atoms with Gasteiger partial charge in [0, 0.05) is 26.3 Å². The average Bonchev–Trinajstić information content (AvgIpc) is 3.01. The third kappa shape index (κ3) is 3.58. The maximum absolute atomic E-state index is 12.8. The molecule has 0 spiro atoms. The fourth-order valence-electron chi connectivity index (χ4n) is 4.07. The largest absolute Gasteiger partial charge is 0.462 e. The van der Waals surface area contributed by atoms with E-state index in [-0.39, 0.29) is 18.2 Å². The van der Waals surface area contributed by atoms with Crippen molar-refractivity contribution in [1.82, 2.24) is 14.8 Å². The van der Waals surface area contributed by atoms with E-state index in [1.807, 2.05) is 32.2 Å².